The summed E-state index contributed by atoms with van der Waals surface area (Å²) < 4.78 is 10.5. The quantitative estimate of drug-likeness (QED) is 0.545. The molecule has 7 heteroatoms. The number of thiol groups is 1. The van der Waals surface area contributed by atoms with E-state index in [1.165, 1.54) is 0 Å². The first kappa shape index (κ1) is 19.3. The zero-order valence-corrected chi connectivity index (χ0v) is 14.5. The molecular formula is C16H24N2O4S. The zero-order chi connectivity index (χ0) is 17.5. The molecule has 2 atom stereocenters. The summed E-state index contributed by atoms with van der Waals surface area (Å²) >= 11 is 4.08. The number of esters is 1. The summed E-state index contributed by atoms with van der Waals surface area (Å²) in [7, 11) is 0. The molecular weight excluding hydrogens is 316 g/mol. The van der Waals surface area contributed by atoms with Crippen LogP contribution < -0.4 is 11.1 Å². The van der Waals surface area contributed by atoms with Gasteiger partial charge >= 0.3 is 12.1 Å². The fourth-order valence-corrected chi connectivity index (χ4v) is 2.01. The topological polar surface area (TPSA) is 90.6 Å². The minimum atomic E-state index is -0.911. The lowest BCUT2D eigenvalue weighted by molar-refractivity contribution is -0.151. The molecule has 0 aliphatic carbocycles. The Morgan fingerprint density at radius 1 is 1.26 bits per heavy atom. The third kappa shape index (κ3) is 6.92. The van der Waals surface area contributed by atoms with Gasteiger partial charge < -0.3 is 20.5 Å². The Bertz CT molecular complexity index is 517. The van der Waals surface area contributed by atoms with Crippen LogP contribution in [0.3, 0.4) is 0 Å². The summed E-state index contributed by atoms with van der Waals surface area (Å²) in [4.78, 5) is 24.0. The molecule has 128 valence electrons. The standard InChI is InChI=1S/C16H24N2O4S/c1-16(2,3)22-15(20)18-12(10-23)14(19)21-13(9-17)11-7-5-4-6-8-11/h4-8,12-13,23H,9-10,17H2,1-3H3,(H,18,20)/t12-,13?/m1/s1. The Hall–Kier alpha value is -1.73. The van der Waals surface area contributed by atoms with E-state index in [0.29, 0.717) is 0 Å². The molecule has 0 spiro atoms. The van der Waals surface area contributed by atoms with Crippen LogP contribution in [0, 0.1) is 0 Å². The number of hydrogen-bond donors (Lipinski definition) is 3. The predicted molar refractivity (Wildman–Crippen MR) is 91.3 cm³/mol. The average molecular weight is 340 g/mol. The Balaban J connectivity index is 2.67. The van der Waals surface area contributed by atoms with Crippen LogP contribution in [0.2, 0.25) is 0 Å². The number of ether oxygens (including phenoxy) is 2. The molecule has 1 unspecified atom stereocenters. The van der Waals surface area contributed by atoms with Gasteiger partial charge in [-0.1, -0.05) is 30.3 Å². The van der Waals surface area contributed by atoms with E-state index in [4.69, 9.17) is 15.2 Å². The molecule has 0 radical (unpaired) electrons. The number of amides is 1. The second-order valence-electron chi connectivity index (χ2n) is 5.95. The van der Waals surface area contributed by atoms with Crippen LogP contribution in [0.25, 0.3) is 0 Å². The molecule has 0 heterocycles. The van der Waals surface area contributed by atoms with Crippen LogP contribution in [0.1, 0.15) is 32.4 Å². The van der Waals surface area contributed by atoms with Gasteiger partial charge in [-0.3, -0.25) is 0 Å². The van der Waals surface area contributed by atoms with Crippen molar-refractivity contribution in [2.75, 3.05) is 12.3 Å². The van der Waals surface area contributed by atoms with Crippen LogP contribution in [0.5, 0.6) is 0 Å². The van der Waals surface area contributed by atoms with Crippen LogP contribution >= 0.6 is 12.6 Å². The van der Waals surface area contributed by atoms with E-state index in [-0.39, 0.29) is 12.3 Å². The Labute approximate surface area is 142 Å². The first-order valence-electron chi connectivity index (χ1n) is 7.32. The van der Waals surface area contributed by atoms with Crippen molar-refractivity contribution in [1.82, 2.24) is 5.32 Å². The Kier molecular flexibility index (Phi) is 7.38. The number of carbonyl (C=O) groups is 2. The fourth-order valence-electron chi connectivity index (χ4n) is 1.77. The maximum absolute atomic E-state index is 12.2. The number of alkyl carbamates (subject to hydrolysis) is 1. The predicted octanol–water partition coefficient (Wildman–Crippen LogP) is 2.05. The Morgan fingerprint density at radius 3 is 2.35 bits per heavy atom. The minimum Gasteiger partial charge on any atom is -0.455 e. The molecule has 0 aliphatic heterocycles. The Morgan fingerprint density at radius 2 is 1.87 bits per heavy atom. The molecule has 6 nitrogen and oxygen atoms in total. The van der Waals surface area contributed by atoms with Crippen molar-refractivity contribution in [2.24, 2.45) is 5.73 Å². The van der Waals surface area contributed by atoms with Gasteiger partial charge in [0.1, 0.15) is 17.7 Å². The molecule has 0 saturated heterocycles. The van der Waals surface area contributed by atoms with Gasteiger partial charge in [-0.25, -0.2) is 9.59 Å². The third-order valence-electron chi connectivity index (χ3n) is 2.80. The van der Waals surface area contributed by atoms with E-state index >= 15 is 0 Å². The third-order valence-corrected chi connectivity index (χ3v) is 3.17. The summed E-state index contributed by atoms with van der Waals surface area (Å²) in [6.45, 7) is 5.35. The highest BCUT2D eigenvalue weighted by Crippen LogP contribution is 2.17. The summed E-state index contributed by atoms with van der Waals surface area (Å²) in [6.07, 6.45) is -1.27. The van der Waals surface area contributed by atoms with E-state index in [1.807, 2.05) is 30.3 Å². The van der Waals surface area contributed by atoms with Crippen molar-refractivity contribution in [3.05, 3.63) is 35.9 Å². The van der Waals surface area contributed by atoms with Crippen molar-refractivity contribution < 1.29 is 19.1 Å². The van der Waals surface area contributed by atoms with Crippen molar-refractivity contribution in [1.29, 1.82) is 0 Å². The highest BCUT2D eigenvalue weighted by Gasteiger charge is 2.26. The first-order chi connectivity index (χ1) is 10.8. The lowest BCUT2D eigenvalue weighted by Gasteiger charge is -2.24. The maximum Gasteiger partial charge on any atom is 0.408 e. The zero-order valence-electron chi connectivity index (χ0n) is 13.6. The average Bonchev–Trinajstić information content (AvgIpc) is 2.49. The van der Waals surface area contributed by atoms with E-state index in [0.717, 1.165) is 5.56 Å². The molecule has 1 rings (SSSR count). The maximum atomic E-state index is 12.2. The molecule has 0 fully saturated rings. The van der Waals surface area contributed by atoms with Crippen molar-refractivity contribution in [3.63, 3.8) is 0 Å². The molecule has 1 aromatic carbocycles. The van der Waals surface area contributed by atoms with Gasteiger partial charge in [0.15, 0.2) is 0 Å². The van der Waals surface area contributed by atoms with Gasteiger partial charge in [0.05, 0.1) is 0 Å². The van der Waals surface area contributed by atoms with Gasteiger partial charge in [-0.05, 0) is 26.3 Å². The number of nitrogens with one attached hydrogen (secondary N) is 1. The molecule has 0 aromatic heterocycles. The molecule has 1 aromatic rings. The highest BCUT2D eigenvalue weighted by molar-refractivity contribution is 7.80. The van der Waals surface area contributed by atoms with Gasteiger partial charge in [0.25, 0.3) is 0 Å². The van der Waals surface area contributed by atoms with Crippen LogP contribution in [0.15, 0.2) is 30.3 Å². The molecule has 0 bridgehead atoms. The van der Waals surface area contributed by atoms with Crippen LogP contribution in [-0.4, -0.2) is 36.0 Å². The molecule has 23 heavy (non-hydrogen) atoms. The van der Waals surface area contributed by atoms with E-state index < -0.39 is 29.8 Å². The highest BCUT2D eigenvalue weighted by atomic mass is 32.1. The van der Waals surface area contributed by atoms with Gasteiger partial charge in [0.2, 0.25) is 0 Å². The van der Waals surface area contributed by atoms with E-state index in [2.05, 4.69) is 17.9 Å². The second-order valence-corrected chi connectivity index (χ2v) is 6.32. The van der Waals surface area contributed by atoms with Gasteiger partial charge in [-0.15, -0.1) is 0 Å². The monoisotopic (exact) mass is 340 g/mol. The summed E-state index contributed by atoms with van der Waals surface area (Å²) in [5, 5.41) is 2.45. The number of nitrogens with two attached hydrogens (primary N) is 1. The molecule has 1 amide bonds. The lowest BCUT2D eigenvalue weighted by Crippen LogP contribution is -2.46. The number of rotatable bonds is 6. The lowest BCUT2D eigenvalue weighted by atomic mass is 10.1. The summed E-state index contributed by atoms with van der Waals surface area (Å²) in [5.41, 5.74) is 5.81. The second kappa shape index (κ2) is 8.79. The number of carbonyl (C=O) groups excluding carboxylic acids is 2. The van der Waals surface area contributed by atoms with Crippen LogP contribution in [0.4, 0.5) is 4.79 Å². The smallest absolute Gasteiger partial charge is 0.408 e. The van der Waals surface area contributed by atoms with Crippen molar-refractivity contribution in [2.45, 2.75) is 38.5 Å². The number of hydrogen-bond acceptors (Lipinski definition) is 6. The van der Waals surface area contributed by atoms with Crippen molar-refractivity contribution >= 4 is 24.7 Å². The molecule has 3 N–H and O–H groups in total. The van der Waals surface area contributed by atoms with Crippen molar-refractivity contribution in [3.8, 4) is 0 Å². The summed E-state index contributed by atoms with van der Waals surface area (Å²) in [6, 6.07) is 8.26. The number of benzene rings is 1. The minimum absolute atomic E-state index is 0.0875. The van der Waals surface area contributed by atoms with E-state index in [1.54, 1.807) is 20.8 Å². The largest absolute Gasteiger partial charge is 0.455 e. The van der Waals surface area contributed by atoms with E-state index in [9.17, 15) is 9.59 Å². The molecule has 0 saturated carbocycles. The summed E-state index contributed by atoms with van der Waals surface area (Å²) in [5.74, 6) is -0.519. The van der Waals surface area contributed by atoms with Crippen LogP contribution in [-0.2, 0) is 14.3 Å². The fraction of sp³-hybridized carbons (Fsp3) is 0.500. The molecule has 0 aliphatic rings. The van der Waals surface area contributed by atoms with Gasteiger partial charge in [0, 0.05) is 12.3 Å². The first-order valence-corrected chi connectivity index (χ1v) is 7.96. The van der Waals surface area contributed by atoms with Gasteiger partial charge in [-0.2, -0.15) is 12.6 Å². The SMILES string of the molecule is CC(C)(C)OC(=O)N[C@H](CS)C(=O)OC(CN)c1ccccc1. The normalized spacial score (nSPS) is 13.8.